The summed E-state index contributed by atoms with van der Waals surface area (Å²) in [4.78, 5) is 63.7. The van der Waals surface area contributed by atoms with Gasteiger partial charge in [0, 0.05) is 98.8 Å². The van der Waals surface area contributed by atoms with Crippen LogP contribution in [0.3, 0.4) is 0 Å². The van der Waals surface area contributed by atoms with Gasteiger partial charge in [0.15, 0.2) is 23.3 Å². The Balaban J connectivity index is 0.000000146. The number of aliphatic hydroxyl groups is 1. The third kappa shape index (κ3) is 17.9. The summed E-state index contributed by atoms with van der Waals surface area (Å²) in [6.45, 7) is 28.5. The SMILES string of the molecule is Cc1ccc(C(C)Nc2nc(N3CC(C4CCCN(C5CC(C)(C(=O)O)C5)C4)C3)ncc2Br)c(Cl)c1.Cc1ccc(C(C)Nc2nc(N3CC(C4CCCN(C5CC(C)(C(=O)O)C5)C4)C3)ncc2F)c(Cl)c1.Cc1ccc(C(C)Nc2nc(N3CC(C4CCCN(CCO)C4)C3)ncc2F)c(Cl)c1. The van der Waals surface area contributed by atoms with Crippen LogP contribution in [-0.4, -0.2) is 176 Å². The highest BCUT2D eigenvalue weighted by Crippen LogP contribution is 2.48. The second kappa shape index (κ2) is 32.8. The fraction of sp³-hybridized carbons (Fsp3) is 0.584. The molecule has 2 aliphatic carbocycles. The quantitative estimate of drug-likeness (QED) is 0.0394. The highest BCUT2D eigenvalue weighted by atomic mass is 79.9. The predicted molar refractivity (Wildman–Crippen MR) is 408 cm³/mol. The van der Waals surface area contributed by atoms with Gasteiger partial charge in [-0.2, -0.15) is 15.0 Å². The van der Waals surface area contributed by atoms with Crippen LogP contribution in [0.5, 0.6) is 0 Å². The van der Waals surface area contributed by atoms with Crippen LogP contribution in [0.2, 0.25) is 15.1 Å². The van der Waals surface area contributed by atoms with E-state index in [9.17, 15) is 33.7 Å². The minimum Gasteiger partial charge on any atom is -0.481 e. The van der Waals surface area contributed by atoms with Gasteiger partial charge in [0.1, 0.15) is 5.82 Å². The molecule has 103 heavy (non-hydrogen) atoms. The molecule has 0 spiro atoms. The number of benzene rings is 3. The molecule has 6 atom stereocenters. The molecule has 0 bridgehead atoms. The molecule has 2 saturated carbocycles. The Bertz CT molecular complexity index is 3790. The number of aliphatic carboxylic acids is 2. The lowest BCUT2D eigenvalue weighted by Crippen LogP contribution is -2.58. The molecule has 556 valence electrons. The Morgan fingerprint density at radius 3 is 1.22 bits per heavy atom. The largest absolute Gasteiger partial charge is 0.481 e. The van der Waals surface area contributed by atoms with E-state index >= 15 is 0 Å². The fourth-order valence-electron chi connectivity index (χ4n) is 16.7. The van der Waals surface area contributed by atoms with E-state index in [4.69, 9.17) is 39.8 Å². The molecule has 26 heteroatoms. The number of likely N-dealkylation sites (tertiary alicyclic amines) is 3. The van der Waals surface area contributed by atoms with Gasteiger partial charge >= 0.3 is 11.9 Å². The van der Waals surface area contributed by atoms with Gasteiger partial charge in [-0.15, -0.1) is 0 Å². The van der Waals surface area contributed by atoms with Crippen molar-refractivity contribution in [2.45, 2.75) is 150 Å². The van der Waals surface area contributed by atoms with Gasteiger partial charge in [-0.3, -0.25) is 9.59 Å². The maximum Gasteiger partial charge on any atom is 0.309 e. The smallest absolute Gasteiger partial charge is 0.309 e. The highest BCUT2D eigenvalue weighted by molar-refractivity contribution is 9.10. The molecule has 3 aromatic carbocycles. The summed E-state index contributed by atoms with van der Waals surface area (Å²) < 4.78 is 29.8. The van der Waals surface area contributed by atoms with Gasteiger partial charge in [-0.05, 0) is 242 Å². The van der Waals surface area contributed by atoms with Gasteiger partial charge in [-0.1, -0.05) is 71.2 Å². The number of piperidine rings is 3. The van der Waals surface area contributed by atoms with Crippen molar-refractivity contribution in [1.29, 1.82) is 0 Å². The molecule has 3 aromatic heterocycles. The van der Waals surface area contributed by atoms with E-state index in [1.165, 1.54) is 44.5 Å². The van der Waals surface area contributed by atoms with Crippen LogP contribution >= 0.6 is 50.7 Å². The molecule has 8 fully saturated rings. The lowest BCUT2D eigenvalue weighted by molar-refractivity contribution is -0.159. The van der Waals surface area contributed by atoms with Crippen molar-refractivity contribution in [3.63, 3.8) is 0 Å². The minimum absolute atomic E-state index is 0.00370. The number of hydrogen-bond acceptors (Lipinski definition) is 18. The van der Waals surface area contributed by atoms with E-state index in [1.54, 1.807) is 0 Å². The normalized spacial score (nSPS) is 25.7. The molecule has 6 aromatic rings. The van der Waals surface area contributed by atoms with Crippen molar-refractivity contribution in [2.24, 2.45) is 46.3 Å². The number of β-amino-alcohol motifs (C(OH)–C–C–N with tert-alkyl or cyclic N) is 1. The summed E-state index contributed by atoms with van der Waals surface area (Å²) in [7, 11) is 0. The minimum atomic E-state index is -0.675. The van der Waals surface area contributed by atoms with Gasteiger partial charge in [0.2, 0.25) is 17.8 Å². The Morgan fingerprint density at radius 1 is 0.524 bits per heavy atom. The highest BCUT2D eigenvalue weighted by Gasteiger charge is 2.52. The number of anilines is 6. The van der Waals surface area contributed by atoms with E-state index < -0.39 is 34.4 Å². The van der Waals surface area contributed by atoms with E-state index in [0.29, 0.717) is 69.5 Å². The first-order valence-electron chi connectivity index (χ1n) is 36.9. The van der Waals surface area contributed by atoms with E-state index in [0.717, 1.165) is 172 Å². The van der Waals surface area contributed by atoms with Crippen LogP contribution < -0.4 is 30.7 Å². The monoisotopic (exact) mass is 1540 g/mol. The summed E-state index contributed by atoms with van der Waals surface area (Å²) in [5, 5.41) is 40.0. The molecule has 0 radical (unpaired) electrons. The van der Waals surface area contributed by atoms with E-state index in [-0.39, 0.29) is 36.4 Å². The first kappa shape index (κ1) is 76.3. The summed E-state index contributed by atoms with van der Waals surface area (Å²) in [5.41, 5.74) is 5.05. The maximum atomic E-state index is 14.5. The number of carboxylic acid groups (broad SMARTS) is 2. The average Bonchev–Trinajstić information content (AvgIpc) is 0.771. The number of aliphatic hydroxyl groups excluding tert-OH is 1. The van der Waals surface area contributed by atoms with E-state index in [2.05, 4.69) is 105 Å². The lowest BCUT2D eigenvalue weighted by atomic mass is 9.65. The second-order valence-corrected chi connectivity index (χ2v) is 33.4. The maximum absolute atomic E-state index is 14.5. The molecule has 0 amide bonds. The zero-order valence-electron chi connectivity index (χ0n) is 60.5. The Hall–Kier alpha value is -6.31. The summed E-state index contributed by atoms with van der Waals surface area (Å²) in [6, 6.07) is 18.3. The Kier molecular flexibility index (Phi) is 24.3. The third-order valence-corrected chi connectivity index (χ3v) is 25.0. The number of carboxylic acids is 2. The van der Waals surface area contributed by atoms with Crippen LogP contribution in [0.4, 0.5) is 44.1 Å². The Labute approximate surface area is 628 Å². The van der Waals surface area contributed by atoms with Crippen molar-refractivity contribution in [3.05, 3.63) is 138 Å². The molecule has 14 rings (SSSR count). The zero-order valence-corrected chi connectivity index (χ0v) is 64.4. The molecule has 6 aliphatic heterocycles. The molecular weight excluding hydrogens is 1440 g/mol. The molecule has 20 nitrogen and oxygen atoms in total. The third-order valence-electron chi connectivity index (χ3n) is 23.4. The van der Waals surface area contributed by atoms with Crippen molar-refractivity contribution in [2.75, 3.05) is 122 Å². The van der Waals surface area contributed by atoms with Gasteiger partial charge < -0.3 is 60.7 Å². The fourth-order valence-corrected chi connectivity index (χ4v) is 18.2. The number of nitrogens with one attached hydrogen (secondary N) is 3. The molecule has 9 heterocycles. The van der Waals surface area contributed by atoms with Gasteiger partial charge in [-0.25, -0.2) is 23.7 Å². The lowest BCUT2D eigenvalue weighted by Gasteiger charge is -2.52. The molecule has 8 aliphatic rings. The van der Waals surface area contributed by atoms with Gasteiger partial charge in [0.05, 0.1) is 52.4 Å². The zero-order chi connectivity index (χ0) is 73.2. The van der Waals surface area contributed by atoms with Crippen LogP contribution in [-0.2, 0) is 9.59 Å². The number of carbonyl (C=O) groups is 2. The molecule has 6 N–H and O–H groups in total. The van der Waals surface area contributed by atoms with Crippen LogP contribution in [0, 0.1) is 78.7 Å². The first-order chi connectivity index (χ1) is 49.2. The van der Waals surface area contributed by atoms with Gasteiger partial charge in [0.25, 0.3) is 0 Å². The molecule has 6 unspecified atom stereocenters. The topological polar surface area (TPSA) is 228 Å². The summed E-state index contributed by atoms with van der Waals surface area (Å²) in [5.74, 6) is 4.39. The summed E-state index contributed by atoms with van der Waals surface area (Å²) >= 11 is 22.8. The predicted octanol–water partition coefficient (Wildman–Crippen LogP) is 14.8. The van der Waals surface area contributed by atoms with E-state index in [1.807, 2.05) is 97.1 Å². The summed E-state index contributed by atoms with van der Waals surface area (Å²) in [6.07, 6.45) is 14.6. The van der Waals surface area contributed by atoms with Crippen molar-refractivity contribution >= 4 is 98.0 Å². The van der Waals surface area contributed by atoms with Crippen LogP contribution in [0.25, 0.3) is 0 Å². The first-order valence-corrected chi connectivity index (χ1v) is 38.8. The van der Waals surface area contributed by atoms with Crippen LogP contribution in [0.15, 0.2) is 77.7 Å². The van der Waals surface area contributed by atoms with Crippen LogP contribution in [0.1, 0.15) is 150 Å². The van der Waals surface area contributed by atoms with Crippen molar-refractivity contribution in [1.82, 2.24) is 44.6 Å². The average molecular weight is 1540 g/mol. The second-order valence-electron chi connectivity index (χ2n) is 31.3. The molecule has 6 saturated heterocycles. The number of nitrogens with zero attached hydrogens (tertiary/aromatic N) is 12. The standard InChI is InChI=1S/C27H35BrClN5O2.C27H35ClFN5O2.C23H31ClFN5O/c1-16-6-7-21(23(29)9-16)17(2)31-24-22(28)12-30-26(32-24)34-14-19(15-34)18-5-4-8-33(13-18)20-10-27(3,11-20)25(35)36;1-16-6-7-21(22(28)9-16)17(2)31-24-23(29)12-30-26(32-24)34-14-19(15-34)18-5-4-8-33(13-18)20-10-27(3,11-20)25(35)36;1-15-5-6-19(20(24)10-15)16(2)27-22-21(25)11-26-23(28-22)30-13-18(14-30)17-4-3-7-29(12-17)8-9-31/h2*6-7,9,12,17-20H,4-5,8,10-11,13-15H2,1-3H3,(H,35,36)(H,30,31,32);5-6,10-11,16-18,31H,3-4,7-9,12-14H2,1-2H3,(H,26,27,28). The number of hydrogen-bond donors (Lipinski definition) is 6. The Morgan fingerprint density at radius 2 is 0.864 bits per heavy atom. The van der Waals surface area contributed by atoms with Crippen molar-refractivity contribution in [3.8, 4) is 0 Å². The molecular formula is C77H101BrCl3F2N15O5. The number of halogens is 6. The number of aromatic nitrogens is 6. The van der Waals surface area contributed by atoms with Crippen molar-refractivity contribution < 1.29 is 33.7 Å². The number of rotatable bonds is 21. The number of aryl methyl sites for hydroxylation is 3.